The lowest BCUT2D eigenvalue weighted by atomic mass is 10.6. The number of nitrogens with two attached hydrogens (primary N) is 1. The van der Waals surface area contributed by atoms with Crippen molar-refractivity contribution in [1.82, 2.24) is 9.55 Å². The van der Waals surface area contributed by atoms with E-state index >= 15 is 0 Å². The lowest BCUT2D eigenvalue weighted by Crippen LogP contribution is -1.86. The summed E-state index contributed by atoms with van der Waals surface area (Å²) < 4.78 is 3.11. The van der Waals surface area contributed by atoms with Gasteiger partial charge in [-0.1, -0.05) is 11.3 Å². The number of fused-ring (bicyclic) bond motifs is 1. The summed E-state index contributed by atoms with van der Waals surface area (Å²) in [7, 11) is 1.96. The van der Waals surface area contributed by atoms with Gasteiger partial charge in [-0.25, -0.2) is 4.98 Å². The van der Waals surface area contributed by atoms with Gasteiger partial charge in [-0.3, -0.25) is 0 Å². The van der Waals surface area contributed by atoms with E-state index in [1.807, 2.05) is 23.9 Å². The van der Waals surface area contributed by atoms with Crippen LogP contribution in [0, 0.1) is 0 Å². The third kappa shape index (κ3) is 0.623. The maximum atomic E-state index is 5.50. The van der Waals surface area contributed by atoms with Gasteiger partial charge in [0.25, 0.3) is 0 Å². The van der Waals surface area contributed by atoms with E-state index in [1.54, 1.807) is 0 Å². The van der Waals surface area contributed by atoms with Crippen LogP contribution in [-0.4, -0.2) is 9.55 Å². The monoisotopic (exact) mass is 153 g/mol. The lowest BCUT2D eigenvalue weighted by molar-refractivity contribution is 0.952. The van der Waals surface area contributed by atoms with Crippen LogP contribution in [0.1, 0.15) is 0 Å². The molecule has 2 N–H and O–H groups in total. The zero-order valence-electron chi connectivity index (χ0n) is 5.53. The number of anilines is 1. The number of nitrogen functional groups attached to an aromatic ring is 1. The van der Waals surface area contributed by atoms with Gasteiger partial charge in [-0.15, -0.1) is 0 Å². The van der Waals surface area contributed by atoms with E-state index in [4.69, 9.17) is 5.73 Å². The number of rotatable bonds is 0. The summed E-state index contributed by atoms with van der Waals surface area (Å²) in [6.07, 6.45) is 1.98. The fraction of sp³-hybridized carbons (Fsp3) is 0.167. The van der Waals surface area contributed by atoms with Gasteiger partial charge in [0.1, 0.15) is 0 Å². The molecule has 0 aliphatic carbocycles. The van der Waals surface area contributed by atoms with Gasteiger partial charge in [0, 0.05) is 13.2 Å². The smallest absolute Gasteiger partial charge is 0.182 e. The van der Waals surface area contributed by atoms with E-state index in [0.29, 0.717) is 5.13 Å². The van der Waals surface area contributed by atoms with Gasteiger partial charge in [0.05, 0.1) is 4.70 Å². The Morgan fingerprint density at radius 1 is 1.70 bits per heavy atom. The van der Waals surface area contributed by atoms with E-state index in [0.717, 1.165) is 10.3 Å². The summed E-state index contributed by atoms with van der Waals surface area (Å²) in [5.41, 5.74) is 6.47. The maximum Gasteiger partial charge on any atom is 0.182 e. The molecule has 0 amide bonds. The van der Waals surface area contributed by atoms with Crippen LogP contribution in [0.2, 0.25) is 0 Å². The lowest BCUT2D eigenvalue weighted by Gasteiger charge is -1.85. The SMILES string of the molecule is Cn1ccc2sc(N)nc21. The van der Waals surface area contributed by atoms with E-state index in [2.05, 4.69) is 4.98 Å². The maximum absolute atomic E-state index is 5.50. The Bertz CT molecular complexity index is 360. The average Bonchev–Trinajstić information content (AvgIpc) is 2.35. The second-order valence-electron chi connectivity index (χ2n) is 2.17. The standard InChI is InChI=1S/C6H7N3S/c1-9-3-2-4-5(9)8-6(7)10-4/h2-3H,1H3,(H2,7,8). The first-order chi connectivity index (χ1) is 4.77. The number of nitrogens with zero attached hydrogens (tertiary/aromatic N) is 2. The highest BCUT2D eigenvalue weighted by atomic mass is 32.1. The third-order valence-corrected chi connectivity index (χ3v) is 2.27. The molecule has 2 rings (SSSR count). The predicted octanol–water partition coefficient (Wildman–Crippen LogP) is 1.22. The van der Waals surface area contributed by atoms with E-state index in [1.165, 1.54) is 11.3 Å². The average molecular weight is 153 g/mol. The largest absolute Gasteiger partial charge is 0.375 e. The van der Waals surface area contributed by atoms with Crippen molar-refractivity contribution in [3.8, 4) is 0 Å². The number of thiazole rings is 1. The summed E-state index contributed by atoms with van der Waals surface area (Å²) in [4.78, 5) is 4.13. The van der Waals surface area contributed by atoms with Gasteiger partial charge >= 0.3 is 0 Å². The molecule has 0 atom stereocenters. The summed E-state index contributed by atoms with van der Waals surface area (Å²) in [5.74, 6) is 0. The van der Waals surface area contributed by atoms with Crippen LogP contribution >= 0.6 is 11.3 Å². The van der Waals surface area contributed by atoms with Crippen LogP contribution in [0.15, 0.2) is 12.3 Å². The van der Waals surface area contributed by atoms with Crippen molar-refractivity contribution in [3.05, 3.63) is 12.3 Å². The molecule has 0 saturated carbocycles. The minimum Gasteiger partial charge on any atom is -0.375 e. The van der Waals surface area contributed by atoms with Crippen molar-refractivity contribution in [2.24, 2.45) is 7.05 Å². The van der Waals surface area contributed by atoms with Crippen LogP contribution < -0.4 is 5.73 Å². The molecular formula is C6H7N3S. The van der Waals surface area contributed by atoms with Crippen molar-refractivity contribution in [3.63, 3.8) is 0 Å². The van der Waals surface area contributed by atoms with Crippen LogP contribution in [0.5, 0.6) is 0 Å². The zero-order chi connectivity index (χ0) is 7.14. The van der Waals surface area contributed by atoms with Crippen molar-refractivity contribution in [2.45, 2.75) is 0 Å². The number of aromatic nitrogens is 2. The highest BCUT2D eigenvalue weighted by Gasteiger charge is 2.01. The van der Waals surface area contributed by atoms with Gasteiger partial charge in [-0.05, 0) is 6.07 Å². The van der Waals surface area contributed by atoms with E-state index < -0.39 is 0 Å². The van der Waals surface area contributed by atoms with Crippen molar-refractivity contribution in [1.29, 1.82) is 0 Å². The van der Waals surface area contributed by atoms with Gasteiger partial charge < -0.3 is 10.3 Å². The molecule has 4 heteroatoms. The first-order valence-electron chi connectivity index (χ1n) is 2.95. The Kier molecular flexibility index (Phi) is 0.990. The Labute approximate surface area is 62.1 Å². The van der Waals surface area contributed by atoms with Crippen LogP contribution in [0.4, 0.5) is 5.13 Å². The van der Waals surface area contributed by atoms with Crippen molar-refractivity contribution < 1.29 is 0 Å². The van der Waals surface area contributed by atoms with Crippen molar-refractivity contribution >= 4 is 26.8 Å². The molecule has 0 spiro atoms. The van der Waals surface area contributed by atoms with Gasteiger partial charge in [-0.2, -0.15) is 0 Å². The first-order valence-corrected chi connectivity index (χ1v) is 3.76. The molecule has 2 heterocycles. The van der Waals surface area contributed by atoms with Crippen LogP contribution in [0.25, 0.3) is 10.3 Å². The van der Waals surface area contributed by atoms with Crippen LogP contribution in [0.3, 0.4) is 0 Å². The molecule has 0 aliphatic heterocycles. The molecule has 2 aromatic rings. The van der Waals surface area contributed by atoms with Crippen LogP contribution in [-0.2, 0) is 7.05 Å². The number of aryl methyl sites for hydroxylation is 1. The molecule has 3 nitrogen and oxygen atoms in total. The molecule has 52 valence electrons. The molecular weight excluding hydrogens is 146 g/mol. The molecule has 10 heavy (non-hydrogen) atoms. The summed E-state index contributed by atoms with van der Waals surface area (Å²) >= 11 is 1.52. The summed E-state index contributed by atoms with van der Waals surface area (Å²) in [6.45, 7) is 0. The Morgan fingerprint density at radius 2 is 2.50 bits per heavy atom. The summed E-state index contributed by atoms with van der Waals surface area (Å²) in [5, 5.41) is 0.640. The molecule has 0 radical (unpaired) electrons. The molecule has 2 aromatic heterocycles. The summed E-state index contributed by atoms with van der Waals surface area (Å²) in [6, 6.07) is 2.02. The molecule has 0 bridgehead atoms. The van der Waals surface area contributed by atoms with Gasteiger partial charge in [0.2, 0.25) is 0 Å². The highest BCUT2D eigenvalue weighted by molar-refractivity contribution is 7.22. The van der Waals surface area contributed by atoms with Crippen molar-refractivity contribution in [2.75, 3.05) is 5.73 Å². The zero-order valence-corrected chi connectivity index (χ0v) is 6.35. The highest BCUT2D eigenvalue weighted by Crippen LogP contribution is 2.23. The minimum atomic E-state index is 0.640. The second kappa shape index (κ2) is 1.73. The Balaban J connectivity index is 2.90. The first kappa shape index (κ1) is 5.73. The molecule has 0 aromatic carbocycles. The van der Waals surface area contributed by atoms with E-state index in [-0.39, 0.29) is 0 Å². The number of hydrogen-bond acceptors (Lipinski definition) is 3. The second-order valence-corrected chi connectivity index (χ2v) is 3.23. The Morgan fingerprint density at radius 3 is 3.20 bits per heavy atom. The predicted molar refractivity (Wildman–Crippen MR) is 43.0 cm³/mol. The minimum absolute atomic E-state index is 0.640. The Hall–Kier alpha value is -1.03. The molecule has 0 fully saturated rings. The molecule has 0 unspecified atom stereocenters. The fourth-order valence-corrected chi connectivity index (χ4v) is 1.72. The molecule has 0 saturated heterocycles. The van der Waals surface area contributed by atoms with Gasteiger partial charge in [0.15, 0.2) is 10.8 Å². The third-order valence-electron chi connectivity index (χ3n) is 1.43. The van der Waals surface area contributed by atoms with E-state index in [9.17, 15) is 0 Å². The molecule has 0 aliphatic rings. The topological polar surface area (TPSA) is 43.8 Å². The fourth-order valence-electron chi connectivity index (χ4n) is 0.952. The number of hydrogen-bond donors (Lipinski definition) is 1. The normalized spacial score (nSPS) is 10.9. The quantitative estimate of drug-likeness (QED) is 0.618.